The first-order valence-electron chi connectivity index (χ1n) is 3.99. The number of hydrogen-bond acceptors (Lipinski definition) is 3. The number of allylic oxidation sites excluding steroid dienone is 2. The highest BCUT2D eigenvalue weighted by atomic mass is 16.6. The lowest BCUT2D eigenvalue weighted by Gasteiger charge is -2.21. The topological polar surface area (TPSA) is 53.3 Å². The summed E-state index contributed by atoms with van der Waals surface area (Å²) in [5.74, 6) is 0. The molecule has 0 saturated heterocycles. The van der Waals surface area contributed by atoms with Crippen LogP contribution >= 0.6 is 0 Å². The van der Waals surface area contributed by atoms with Gasteiger partial charge in [0.25, 0.3) is 0 Å². The van der Waals surface area contributed by atoms with E-state index in [1.54, 1.807) is 25.2 Å². The van der Waals surface area contributed by atoms with Crippen LogP contribution in [0.25, 0.3) is 0 Å². The van der Waals surface area contributed by atoms with Crippen LogP contribution in [0.1, 0.15) is 6.92 Å². The minimum atomic E-state index is -0.552. The molecule has 0 aliphatic carbocycles. The number of nitriles is 1. The highest BCUT2D eigenvalue weighted by molar-refractivity contribution is 5.70. The Balaban J connectivity index is 2.68. The van der Waals surface area contributed by atoms with Crippen molar-refractivity contribution in [3.05, 3.63) is 24.4 Å². The minimum absolute atomic E-state index is 0.311. The van der Waals surface area contributed by atoms with E-state index in [1.165, 1.54) is 11.1 Å². The second kappa shape index (κ2) is 4.31. The number of amides is 1. The van der Waals surface area contributed by atoms with Crippen molar-refractivity contribution in [3.63, 3.8) is 0 Å². The zero-order valence-electron chi connectivity index (χ0n) is 7.30. The van der Waals surface area contributed by atoms with Crippen molar-refractivity contribution >= 4 is 6.09 Å². The summed E-state index contributed by atoms with van der Waals surface area (Å²) in [4.78, 5) is 12.5. The van der Waals surface area contributed by atoms with Crippen LogP contribution in [0.3, 0.4) is 0 Å². The molecule has 0 radical (unpaired) electrons. The van der Waals surface area contributed by atoms with Gasteiger partial charge < -0.3 is 4.74 Å². The van der Waals surface area contributed by atoms with E-state index >= 15 is 0 Å². The average molecular weight is 178 g/mol. The highest BCUT2D eigenvalue weighted by Crippen LogP contribution is 2.09. The van der Waals surface area contributed by atoms with Crippen LogP contribution in [-0.4, -0.2) is 23.6 Å². The molecule has 1 aliphatic rings. The Morgan fingerprint density at radius 3 is 3.08 bits per heavy atom. The van der Waals surface area contributed by atoms with Crippen LogP contribution in [0, 0.1) is 11.3 Å². The largest absolute Gasteiger partial charge is 0.449 e. The lowest BCUT2D eigenvalue weighted by Crippen LogP contribution is -2.35. The van der Waals surface area contributed by atoms with Crippen molar-refractivity contribution in [2.24, 2.45) is 0 Å². The predicted molar refractivity (Wildman–Crippen MR) is 46.5 cm³/mol. The summed E-state index contributed by atoms with van der Waals surface area (Å²) in [6.07, 6.45) is 6.09. The van der Waals surface area contributed by atoms with Crippen molar-refractivity contribution in [2.45, 2.75) is 13.0 Å². The van der Waals surface area contributed by atoms with Gasteiger partial charge in [0.2, 0.25) is 0 Å². The Bertz CT molecular complexity index is 288. The zero-order chi connectivity index (χ0) is 9.68. The van der Waals surface area contributed by atoms with Gasteiger partial charge in [-0.05, 0) is 19.1 Å². The fourth-order valence-electron chi connectivity index (χ4n) is 0.975. The van der Waals surface area contributed by atoms with Crippen molar-refractivity contribution in [1.82, 2.24) is 4.90 Å². The molecule has 1 unspecified atom stereocenters. The Labute approximate surface area is 76.7 Å². The number of hydrogen-bond donors (Lipinski definition) is 0. The molecule has 13 heavy (non-hydrogen) atoms. The van der Waals surface area contributed by atoms with Crippen LogP contribution in [0.5, 0.6) is 0 Å². The van der Waals surface area contributed by atoms with Gasteiger partial charge in [-0.3, -0.25) is 4.90 Å². The standard InChI is InChI=1S/C9H10N2O2/c1-2-13-9(12)11-6-4-3-5-8(11)7-10/h3-6,8H,2H2,1H3. The van der Waals surface area contributed by atoms with Gasteiger partial charge in [-0.15, -0.1) is 0 Å². The second-order valence-electron chi connectivity index (χ2n) is 2.41. The third-order valence-corrected chi connectivity index (χ3v) is 1.56. The first-order valence-corrected chi connectivity index (χ1v) is 3.99. The molecule has 1 aliphatic heterocycles. The quantitative estimate of drug-likeness (QED) is 0.610. The third-order valence-electron chi connectivity index (χ3n) is 1.56. The third kappa shape index (κ3) is 2.09. The molecule has 1 rings (SSSR count). The Morgan fingerprint density at radius 2 is 2.46 bits per heavy atom. The van der Waals surface area contributed by atoms with E-state index in [1.807, 2.05) is 6.07 Å². The van der Waals surface area contributed by atoms with E-state index in [4.69, 9.17) is 10.00 Å². The Kier molecular flexibility index (Phi) is 3.09. The first-order chi connectivity index (χ1) is 6.29. The van der Waals surface area contributed by atoms with Crippen LogP contribution in [0.4, 0.5) is 4.79 Å². The molecule has 0 aromatic carbocycles. The normalized spacial score (nSPS) is 19.7. The monoisotopic (exact) mass is 178 g/mol. The molecule has 0 fully saturated rings. The summed E-state index contributed by atoms with van der Waals surface area (Å²) in [7, 11) is 0. The van der Waals surface area contributed by atoms with Crippen molar-refractivity contribution < 1.29 is 9.53 Å². The van der Waals surface area contributed by atoms with E-state index in [-0.39, 0.29) is 0 Å². The SMILES string of the molecule is CCOC(=O)N1C=CC=CC1C#N. The van der Waals surface area contributed by atoms with Crippen LogP contribution in [-0.2, 0) is 4.74 Å². The molecule has 4 nitrogen and oxygen atoms in total. The minimum Gasteiger partial charge on any atom is -0.449 e. The summed E-state index contributed by atoms with van der Waals surface area (Å²) in [6.45, 7) is 2.04. The van der Waals surface area contributed by atoms with Gasteiger partial charge >= 0.3 is 6.09 Å². The summed E-state index contributed by atoms with van der Waals surface area (Å²) in [5, 5.41) is 8.69. The average Bonchev–Trinajstić information content (AvgIpc) is 2.18. The molecule has 0 spiro atoms. The highest BCUT2D eigenvalue weighted by Gasteiger charge is 2.21. The van der Waals surface area contributed by atoms with Crippen molar-refractivity contribution in [2.75, 3.05) is 6.61 Å². The van der Waals surface area contributed by atoms with E-state index in [9.17, 15) is 4.79 Å². The van der Waals surface area contributed by atoms with E-state index in [0.29, 0.717) is 6.61 Å². The fourth-order valence-corrected chi connectivity index (χ4v) is 0.975. The maximum Gasteiger partial charge on any atom is 0.415 e. The van der Waals surface area contributed by atoms with Gasteiger partial charge in [-0.25, -0.2) is 4.79 Å². The number of carbonyl (C=O) groups is 1. The zero-order valence-corrected chi connectivity index (χ0v) is 7.30. The van der Waals surface area contributed by atoms with Gasteiger partial charge in [-0.2, -0.15) is 5.26 Å². The molecule has 0 N–H and O–H groups in total. The molecule has 1 heterocycles. The number of carbonyl (C=O) groups excluding carboxylic acids is 1. The van der Waals surface area contributed by atoms with E-state index in [0.717, 1.165) is 0 Å². The molecule has 1 amide bonds. The molecular weight excluding hydrogens is 168 g/mol. The Morgan fingerprint density at radius 1 is 1.69 bits per heavy atom. The lowest BCUT2D eigenvalue weighted by molar-refractivity contribution is 0.120. The molecule has 1 atom stereocenters. The lowest BCUT2D eigenvalue weighted by atomic mass is 10.2. The molecule has 0 bridgehead atoms. The maximum atomic E-state index is 11.2. The van der Waals surface area contributed by atoms with Gasteiger partial charge in [-0.1, -0.05) is 6.08 Å². The number of ether oxygens (including phenoxy) is 1. The molecule has 0 aromatic rings. The fraction of sp³-hybridized carbons (Fsp3) is 0.333. The first kappa shape index (κ1) is 9.33. The molecular formula is C9H10N2O2. The van der Waals surface area contributed by atoms with Gasteiger partial charge in [0.05, 0.1) is 12.7 Å². The van der Waals surface area contributed by atoms with E-state index < -0.39 is 12.1 Å². The summed E-state index contributed by atoms with van der Waals surface area (Å²) in [5.41, 5.74) is 0. The van der Waals surface area contributed by atoms with Gasteiger partial charge in [0.15, 0.2) is 0 Å². The summed E-state index contributed by atoms with van der Waals surface area (Å²) >= 11 is 0. The molecule has 4 heteroatoms. The van der Waals surface area contributed by atoms with Crippen LogP contribution in [0.2, 0.25) is 0 Å². The van der Waals surface area contributed by atoms with Gasteiger partial charge in [0.1, 0.15) is 6.04 Å². The van der Waals surface area contributed by atoms with E-state index in [2.05, 4.69) is 0 Å². The predicted octanol–water partition coefficient (Wildman–Crippen LogP) is 1.42. The Hall–Kier alpha value is -1.76. The summed E-state index contributed by atoms with van der Waals surface area (Å²) in [6, 6.07) is 1.43. The van der Waals surface area contributed by atoms with Crippen LogP contribution < -0.4 is 0 Å². The molecule has 0 aromatic heterocycles. The molecule has 68 valence electrons. The van der Waals surface area contributed by atoms with Crippen LogP contribution in [0.15, 0.2) is 24.4 Å². The number of rotatable bonds is 1. The van der Waals surface area contributed by atoms with Crippen molar-refractivity contribution in [1.29, 1.82) is 5.26 Å². The smallest absolute Gasteiger partial charge is 0.415 e. The number of nitrogens with zero attached hydrogens (tertiary/aromatic N) is 2. The maximum absolute atomic E-state index is 11.2. The van der Waals surface area contributed by atoms with Gasteiger partial charge in [0, 0.05) is 6.20 Å². The molecule has 0 saturated carbocycles. The summed E-state index contributed by atoms with van der Waals surface area (Å²) < 4.78 is 4.76. The second-order valence-corrected chi connectivity index (χ2v) is 2.41. The van der Waals surface area contributed by atoms with Crippen molar-refractivity contribution in [3.8, 4) is 6.07 Å².